The summed E-state index contributed by atoms with van der Waals surface area (Å²) in [6, 6.07) is 17.9. The van der Waals surface area contributed by atoms with Gasteiger partial charge in [0.1, 0.15) is 5.75 Å². The van der Waals surface area contributed by atoms with E-state index in [4.69, 9.17) is 4.74 Å². The lowest BCUT2D eigenvalue weighted by Crippen LogP contribution is -2.18. The number of amides is 1. The Morgan fingerprint density at radius 3 is 2.35 bits per heavy atom. The molecule has 1 aromatic heterocycles. The van der Waals surface area contributed by atoms with Crippen LogP contribution in [0.3, 0.4) is 0 Å². The van der Waals surface area contributed by atoms with Crippen LogP contribution in [0.5, 0.6) is 5.75 Å². The van der Waals surface area contributed by atoms with Crippen molar-refractivity contribution in [2.24, 2.45) is 7.05 Å². The van der Waals surface area contributed by atoms with E-state index in [-0.39, 0.29) is 17.9 Å². The zero-order valence-corrected chi connectivity index (χ0v) is 14.6. The molecule has 26 heavy (non-hydrogen) atoms. The van der Waals surface area contributed by atoms with Crippen molar-refractivity contribution in [3.8, 4) is 17.0 Å². The number of methoxy groups -OCH3 is 1. The van der Waals surface area contributed by atoms with Crippen LogP contribution in [-0.4, -0.2) is 22.8 Å². The van der Waals surface area contributed by atoms with E-state index >= 15 is 0 Å². The Balaban J connectivity index is 1.65. The average molecular weight is 349 g/mol. The van der Waals surface area contributed by atoms with Crippen LogP contribution in [-0.2, 0) is 18.3 Å². The fourth-order valence-corrected chi connectivity index (χ4v) is 2.51. The van der Waals surface area contributed by atoms with Crippen molar-refractivity contribution in [1.29, 1.82) is 0 Å². The molecule has 0 aliphatic heterocycles. The van der Waals surface area contributed by atoms with E-state index in [1.165, 1.54) is 10.7 Å². The highest BCUT2D eigenvalue weighted by atomic mass is 16.5. The van der Waals surface area contributed by atoms with Crippen LogP contribution in [0.15, 0.2) is 65.5 Å². The largest absolute Gasteiger partial charge is 0.497 e. The Morgan fingerprint density at radius 1 is 1.04 bits per heavy atom. The maximum atomic E-state index is 12.2. The highest BCUT2D eigenvalue weighted by Crippen LogP contribution is 2.19. The predicted molar refractivity (Wildman–Crippen MR) is 100 cm³/mol. The van der Waals surface area contributed by atoms with E-state index in [1.54, 1.807) is 20.2 Å². The number of hydrogen-bond donors (Lipinski definition) is 1. The number of hydrogen-bond acceptors (Lipinski definition) is 4. The Labute approximate surface area is 151 Å². The van der Waals surface area contributed by atoms with E-state index in [9.17, 15) is 9.59 Å². The van der Waals surface area contributed by atoms with Crippen molar-refractivity contribution in [2.45, 2.75) is 6.42 Å². The van der Waals surface area contributed by atoms with E-state index in [0.29, 0.717) is 11.4 Å². The summed E-state index contributed by atoms with van der Waals surface area (Å²) in [5.74, 6) is 0.667. The lowest BCUT2D eigenvalue weighted by molar-refractivity contribution is -0.115. The summed E-state index contributed by atoms with van der Waals surface area (Å²) in [5.41, 5.74) is 3.03. The zero-order chi connectivity index (χ0) is 18.5. The number of rotatable bonds is 5. The predicted octanol–water partition coefficient (Wildman–Crippen LogP) is 2.64. The van der Waals surface area contributed by atoms with Gasteiger partial charge in [0.25, 0.3) is 5.56 Å². The van der Waals surface area contributed by atoms with Crippen LogP contribution in [0.25, 0.3) is 11.3 Å². The summed E-state index contributed by atoms with van der Waals surface area (Å²) in [4.78, 5) is 23.6. The minimum Gasteiger partial charge on any atom is -0.497 e. The maximum Gasteiger partial charge on any atom is 0.266 e. The second kappa shape index (κ2) is 7.65. The molecule has 6 nitrogen and oxygen atoms in total. The molecule has 3 aromatic rings. The third-order valence-electron chi connectivity index (χ3n) is 3.95. The number of carbonyl (C=O) groups excluding carboxylic acids is 1. The number of carbonyl (C=O) groups is 1. The minimum atomic E-state index is -0.156. The number of benzene rings is 2. The van der Waals surface area contributed by atoms with Gasteiger partial charge in [-0.1, -0.05) is 24.3 Å². The number of aryl methyl sites for hydroxylation is 1. The first-order valence-corrected chi connectivity index (χ1v) is 8.13. The Bertz CT molecular complexity index is 961. The first kappa shape index (κ1) is 17.4. The van der Waals surface area contributed by atoms with E-state index in [2.05, 4.69) is 10.4 Å². The quantitative estimate of drug-likeness (QED) is 0.768. The number of nitrogens with one attached hydrogen (secondary N) is 1. The van der Waals surface area contributed by atoms with Crippen LogP contribution >= 0.6 is 0 Å². The number of anilines is 1. The van der Waals surface area contributed by atoms with Gasteiger partial charge in [0.2, 0.25) is 5.91 Å². The van der Waals surface area contributed by atoms with Gasteiger partial charge in [-0.2, -0.15) is 5.10 Å². The molecule has 0 saturated carbocycles. The molecule has 0 bridgehead atoms. The Kier molecular flexibility index (Phi) is 5.12. The summed E-state index contributed by atoms with van der Waals surface area (Å²) in [5, 5.41) is 7.08. The highest BCUT2D eigenvalue weighted by molar-refractivity contribution is 5.92. The van der Waals surface area contributed by atoms with Crippen LogP contribution < -0.4 is 15.6 Å². The van der Waals surface area contributed by atoms with Crippen molar-refractivity contribution in [1.82, 2.24) is 9.78 Å². The molecule has 0 fully saturated rings. The zero-order valence-electron chi connectivity index (χ0n) is 14.6. The normalized spacial score (nSPS) is 10.4. The van der Waals surface area contributed by atoms with Gasteiger partial charge in [-0.25, -0.2) is 4.68 Å². The second-order valence-corrected chi connectivity index (χ2v) is 5.83. The van der Waals surface area contributed by atoms with E-state index < -0.39 is 0 Å². The molecule has 132 valence electrons. The van der Waals surface area contributed by atoms with Gasteiger partial charge in [0.15, 0.2) is 0 Å². The van der Waals surface area contributed by atoms with Crippen molar-refractivity contribution in [3.63, 3.8) is 0 Å². The topological polar surface area (TPSA) is 73.2 Å². The van der Waals surface area contributed by atoms with Crippen LogP contribution in [0, 0.1) is 0 Å². The SMILES string of the molecule is COc1ccc(CC(=O)Nc2ccc(-c3ccc(=O)n(C)n3)cc2)cc1. The summed E-state index contributed by atoms with van der Waals surface area (Å²) >= 11 is 0. The van der Waals surface area contributed by atoms with Gasteiger partial charge in [-0.15, -0.1) is 0 Å². The monoisotopic (exact) mass is 349 g/mol. The molecule has 0 radical (unpaired) electrons. The molecule has 0 aliphatic rings. The van der Waals surface area contributed by atoms with Crippen LogP contribution in [0.4, 0.5) is 5.69 Å². The number of nitrogens with zero attached hydrogens (tertiary/aromatic N) is 2. The number of ether oxygens (including phenoxy) is 1. The summed E-state index contributed by atoms with van der Waals surface area (Å²) < 4.78 is 6.40. The first-order chi connectivity index (χ1) is 12.5. The molecular formula is C20H19N3O3. The first-order valence-electron chi connectivity index (χ1n) is 8.13. The van der Waals surface area contributed by atoms with Crippen molar-refractivity contribution in [3.05, 3.63) is 76.6 Å². The molecule has 1 N–H and O–H groups in total. The minimum absolute atomic E-state index is 0.0943. The van der Waals surface area contributed by atoms with Gasteiger partial charge in [-0.3, -0.25) is 9.59 Å². The number of aromatic nitrogens is 2. The van der Waals surface area contributed by atoms with E-state index in [0.717, 1.165) is 16.9 Å². The van der Waals surface area contributed by atoms with Crippen LogP contribution in [0.1, 0.15) is 5.56 Å². The van der Waals surface area contributed by atoms with Gasteiger partial charge >= 0.3 is 0 Å². The molecule has 2 aromatic carbocycles. The molecule has 1 amide bonds. The lowest BCUT2D eigenvalue weighted by atomic mass is 10.1. The van der Waals surface area contributed by atoms with Crippen molar-refractivity contribution in [2.75, 3.05) is 12.4 Å². The average Bonchev–Trinajstić information content (AvgIpc) is 2.65. The summed E-state index contributed by atoms with van der Waals surface area (Å²) in [6.07, 6.45) is 0.286. The standard InChI is InChI=1S/C20H19N3O3/c1-23-20(25)12-11-18(22-23)15-5-7-16(8-6-15)21-19(24)13-14-3-9-17(26-2)10-4-14/h3-12H,13H2,1-2H3,(H,21,24). The Hall–Kier alpha value is -3.41. The second-order valence-electron chi connectivity index (χ2n) is 5.83. The van der Waals surface area contributed by atoms with Crippen LogP contribution in [0.2, 0.25) is 0 Å². The van der Waals surface area contributed by atoms with Crippen molar-refractivity contribution < 1.29 is 9.53 Å². The third kappa shape index (κ3) is 4.16. The molecule has 1 heterocycles. The lowest BCUT2D eigenvalue weighted by Gasteiger charge is -2.08. The van der Waals surface area contributed by atoms with E-state index in [1.807, 2.05) is 48.5 Å². The molecule has 0 atom stereocenters. The fraction of sp³-hybridized carbons (Fsp3) is 0.150. The fourth-order valence-electron chi connectivity index (χ4n) is 2.51. The molecule has 0 aliphatic carbocycles. The maximum absolute atomic E-state index is 12.2. The molecular weight excluding hydrogens is 330 g/mol. The molecule has 3 rings (SSSR count). The molecule has 0 saturated heterocycles. The van der Waals surface area contributed by atoms with Gasteiger partial charge in [-0.05, 0) is 35.9 Å². The third-order valence-corrected chi connectivity index (χ3v) is 3.95. The highest BCUT2D eigenvalue weighted by Gasteiger charge is 2.06. The molecule has 0 spiro atoms. The smallest absolute Gasteiger partial charge is 0.266 e. The van der Waals surface area contributed by atoms with Gasteiger partial charge in [0, 0.05) is 24.4 Å². The van der Waals surface area contributed by atoms with Gasteiger partial charge < -0.3 is 10.1 Å². The summed E-state index contributed by atoms with van der Waals surface area (Å²) in [6.45, 7) is 0. The Morgan fingerprint density at radius 2 is 1.73 bits per heavy atom. The molecule has 6 heteroatoms. The summed E-state index contributed by atoms with van der Waals surface area (Å²) in [7, 11) is 3.22. The molecule has 0 unspecified atom stereocenters. The van der Waals surface area contributed by atoms with Crippen molar-refractivity contribution >= 4 is 11.6 Å². The van der Waals surface area contributed by atoms with Gasteiger partial charge in [0.05, 0.1) is 19.2 Å².